The highest BCUT2D eigenvalue weighted by Gasteiger charge is 2.46. The summed E-state index contributed by atoms with van der Waals surface area (Å²) in [5, 5.41) is 3.00. The Bertz CT molecular complexity index is 668. The predicted octanol–water partition coefficient (Wildman–Crippen LogP) is 1.35. The molecule has 2 saturated carbocycles. The molecule has 2 amide bonds. The lowest BCUT2D eigenvalue weighted by molar-refractivity contribution is -0.134. The standard InChI is InChI=1S/C19H24FN3O2/c20-14-3-1-2-13(10-14)16-11-17(16)19(25)23-8-6-22(7-9-23)12-18(24)21-15-4-5-15/h1-3,10,15-17H,4-9,11-12H2,(H,21,24)/t16-,17+/m0/s1. The maximum atomic E-state index is 13.3. The molecular formula is C19H24FN3O2. The molecule has 3 fully saturated rings. The number of carbonyl (C=O) groups excluding carboxylic acids is 2. The molecule has 1 heterocycles. The quantitative estimate of drug-likeness (QED) is 0.877. The molecular weight excluding hydrogens is 321 g/mol. The topological polar surface area (TPSA) is 52.7 Å². The third kappa shape index (κ3) is 4.00. The molecule has 0 aromatic heterocycles. The van der Waals surface area contributed by atoms with Crippen molar-refractivity contribution in [2.75, 3.05) is 32.7 Å². The second kappa shape index (κ2) is 6.75. The smallest absolute Gasteiger partial charge is 0.234 e. The minimum Gasteiger partial charge on any atom is -0.352 e. The average molecular weight is 345 g/mol. The van der Waals surface area contributed by atoms with Crippen molar-refractivity contribution < 1.29 is 14.0 Å². The van der Waals surface area contributed by atoms with Gasteiger partial charge in [0.15, 0.2) is 0 Å². The number of nitrogens with zero attached hydrogens (tertiary/aromatic N) is 2. The van der Waals surface area contributed by atoms with E-state index in [1.807, 2.05) is 11.0 Å². The summed E-state index contributed by atoms with van der Waals surface area (Å²) in [5.74, 6) is 0.178. The van der Waals surface area contributed by atoms with Gasteiger partial charge in [-0.25, -0.2) is 4.39 Å². The van der Waals surface area contributed by atoms with E-state index in [1.165, 1.54) is 12.1 Å². The van der Waals surface area contributed by atoms with Crippen molar-refractivity contribution in [2.45, 2.75) is 31.2 Å². The third-order valence-corrected chi connectivity index (χ3v) is 5.38. The van der Waals surface area contributed by atoms with Gasteiger partial charge in [0.05, 0.1) is 6.54 Å². The van der Waals surface area contributed by atoms with E-state index in [0.717, 1.165) is 37.9 Å². The molecule has 0 unspecified atom stereocenters. The van der Waals surface area contributed by atoms with E-state index in [2.05, 4.69) is 10.2 Å². The number of benzene rings is 1. The fourth-order valence-corrected chi connectivity index (χ4v) is 3.64. The fraction of sp³-hybridized carbons (Fsp3) is 0.579. The van der Waals surface area contributed by atoms with Gasteiger partial charge in [-0.05, 0) is 42.9 Å². The lowest BCUT2D eigenvalue weighted by Gasteiger charge is -2.34. The van der Waals surface area contributed by atoms with E-state index < -0.39 is 0 Å². The Morgan fingerprint density at radius 1 is 1.16 bits per heavy atom. The summed E-state index contributed by atoms with van der Waals surface area (Å²) in [6, 6.07) is 6.97. The molecule has 2 aliphatic carbocycles. The van der Waals surface area contributed by atoms with E-state index in [1.54, 1.807) is 6.07 Å². The van der Waals surface area contributed by atoms with Crippen LogP contribution in [0.2, 0.25) is 0 Å². The Morgan fingerprint density at radius 2 is 1.92 bits per heavy atom. The Hall–Kier alpha value is -1.95. The molecule has 0 spiro atoms. The van der Waals surface area contributed by atoms with Crippen LogP contribution in [0.1, 0.15) is 30.7 Å². The first-order valence-corrected chi connectivity index (χ1v) is 9.16. The second-order valence-corrected chi connectivity index (χ2v) is 7.45. The lowest BCUT2D eigenvalue weighted by atomic mass is 10.1. The highest BCUT2D eigenvalue weighted by molar-refractivity contribution is 5.83. The van der Waals surface area contributed by atoms with E-state index in [-0.39, 0.29) is 29.5 Å². The molecule has 2 atom stereocenters. The van der Waals surface area contributed by atoms with Crippen LogP contribution in [0.3, 0.4) is 0 Å². The fourth-order valence-electron chi connectivity index (χ4n) is 3.64. The zero-order chi connectivity index (χ0) is 17.4. The van der Waals surface area contributed by atoms with Gasteiger partial charge in [0.2, 0.25) is 11.8 Å². The Kier molecular flexibility index (Phi) is 4.46. The van der Waals surface area contributed by atoms with Gasteiger partial charge in [-0.3, -0.25) is 14.5 Å². The minimum absolute atomic E-state index is 0.00786. The van der Waals surface area contributed by atoms with Crippen LogP contribution in [-0.2, 0) is 9.59 Å². The summed E-state index contributed by atoms with van der Waals surface area (Å²) < 4.78 is 13.3. The zero-order valence-corrected chi connectivity index (χ0v) is 14.3. The van der Waals surface area contributed by atoms with Crippen molar-refractivity contribution in [3.63, 3.8) is 0 Å². The number of nitrogens with one attached hydrogen (secondary N) is 1. The summed E-state index contributed by atoms with van der Waals surface area (Å²) in [6.45, 7) is 3.24. The first-order chi connectivity index (χ1) is 12.1. The highest BCUT2D eigenvalue weighted by Crippen LogP contribution is 2.48. The summed E-state index contributed by atoms with van der Waals surface area (Å²) in [5.41, 5.74) is 0.925. The van der Waals surface area contributed by atoms with E-state index in [9.17, 15) is 14.0 Å². The molecule has 1 saturated heterocycles. The van der Waals surface area contributed by atoms with Gasteiger partial charge in [0.1, 0.15) is 5.82 Å². The summed E-state index contributed by atoms with van der Waals surface area (Å²) in [6.07, 6.45) is 3.01. The normalized spacial score (nSPS) is 26.4. The molecule has 1 aliphatic heterocycles. The van der Waals surface area contributed by atoms with Crippen LogP contribution in [0.4, 0.5) is 4.39 Å². The molecule has 4 rings (SSSR count). The molecule has 134 valence electrons. The predicted molar refractivity (Wildman–Crippen MR) is 91.4 cm³/mol. The summed E-state index contributed by atoms with van der Waals surface area (Å²) in [4.78, 5) is 28.5. The number of halogens is 1. The van der Waals surface area contributed by atoms with Crippen LogP contribution < -0.4 is 5.32 Å². The van der Waals surface area contributed by atoms with Gasteiger partial charge in [-0.2, -0.15) is 0 Å². The zero-order valence-electron chi connectivity index (χ0n) is 14.3. The van der Waals surface area contributed by atoms with Crippen molar-refractivity contribution in [2.24, 2.45) is 5.92 Å². The molecule has 0 bridgehead atoms. The SMILES string of the molecule is O=C(CN1CCN(C(=O)[C@@H]2C[C@H]2c2cccc(F)c2)CC1)NC1CC1. The molecule has 25 heavy (non-hydrogen) atoms. The lowest BCUT2D eigenvalue weighted by Crippen LogP contribution is -2.51. The Morgan fingerprint density at radius 3 is 2.60 bits per heavy atom. The van der Waals surface area contributed by atoms with Crippen LogP contribution in [0, 0.1) is 11.7 Å². The molecule has 1 N–H and O–H groups in total. The molecule has 1 aromatic carbocycles. The summed E-state index contributed by atoms with van der Waals surface area (Å²) in [7, 11) is 0. The van der Waals surface area contributed by atoms with Gasteiger partial charge in [-0.1, -0.05) is 12.1 Å². The largest absolute Gasteiger partial charge is 0.352 e. The van der Waals surface area contributed by atoms with E-state index in [0.29, 0.717) is 25.7 Å². The number of piperazine rings is 1. The minimum atomic E-state index is -0.242. The van der Waals surface area contributed by atoms with Crippen molar-refractivity contribution in [1.29, 1.82) is 0 Å². The maximum absolute atomic E-state index is 13.3. The van der Waals surface area contributed by atoms with Crippen LogP contribution in [-0.4, -0.2) is 60.4 Å². The van der Waals surface area contributed by atoms with Crippen molar-refractivity contribution in [3.05, 3.63) is 35.6 Å². The number of hydrogen-bond acceptors (Lipinski definition) is 3. The van der Waals surface area contributed by atoms with Gasteiger partial charge < -0.3 is 10.2 Å². The Labute approximate surface area is 147 Å². The number of carbonyl (C=O) groups is 2. The number of amides is 2. The van der Waals surface area contributed by atoms with Crippen LogP contribution in [0.5, 0.6) is 0 Å². The van der Waals surface area contributed by atoms with Crippen molar-refractivity contribution in [3.8, 4) is 0 Å². The van der Waals surface area contributed by atoms with E-state index >= 15 is 0 Å². The van der Waals surface area contributed by atoms with Crippen LogP contribution >= 0.6 is 0 Å². The third-order valence-electron chi connectivity index (χ3n) is 5.38. The molecule has 1 aromatic rings. The first kappa shape index (κ1) is 16.5. The van der Waals surface area contributed by atoms with Gasteiger partial charge in [-0.15, -0.1) is 0 Å². The average Bonchev–Trinajstić information content (AvgIpc) is 3.50. The second-order valence-electron chi connectivity index (χ2n) is 7.45. The number of hydrogen-bond donors (Lipinski definition) is 1. The van der Waals surface area contributed by atoms with Crippen molar-refractivity contribution in [1.82, 2.24) is 15.1 Å². The number of rotatable bonds is 5. The maximum Gasteiger partial charge on any atom is 0.234 e. The van der Waals surface area contributed by atoms with Gasteiger partial charge in [0.25, 0.3) is 0 Å². The summed E-state index contributed by atoms with van der Waals surface area (Å²) >= 11 is 0. The first-order valence-electron chi connectivity index (χ1n) is 9.16. The molecule has 6 heteroatoms. The molecule has 5 nitrogen and oxygen atoms in total. The monoisotopic (exact) mass is 345 g/mol. The van der Waals surface area contributed by atoms with Gasteiger partial charge in [0, 0.05) is 38.1 Å². The van der Waals surface area contributed by atoms with Crippen molar-refractivity contribution >= 4 is 11.8 Å². The van der Waals surface area contributed by atoms with E-state index in [4.69, 9.17) is 0 Å². The van der Waals surface area contributed by atoms with Crippen LogP contribution in [0.15, 0.2) is 24.3 Å². The van der Waals surface area contributed by atoms with Crippen LogP contribution in [0.25, 0.3) is 0 Å². The molecule has 0 radical (unpaired) electrons. The van der Waals surface area contributed by atoms with Gasteiger partial charge >= 0.3 is 0 Å². The Balaban J connectivity index is 1.24. The highest BCUT2D eigenvalue weighted by atomic mass is 19.1. The molecule has 3 aliphatic rings.